The van der Waals surface area contributed by atoms with Crippen LogP contribution in [0.15, 0.2) is 116 Å². The number of benzene rings is 3. The number of nitrogens with two attached hydrogens (primary N) is 4. The lowest BCUT2D eigenvalue weighted by molar-refractivity contribution is -0.142. The molecule has 0 saturated carbocycles. The highest BCUT2D eigenvalue weighted by atomic mass is 35.5. The Morgan fingerprint density at radius 3 is 1.51 bits per heavy atom. The summed E-state index contributed by atoms with van der Waals surface area (Å²) < 4.78 is 0. The van der Waals surface area contributed by atoms with Gasteiger partial charge in [0.1, 0.15) is 60.4 Å². The largest absolute Gasteiger partial charge is 0.394 e. The maximum absolute atomic E-state index is 15.2. The van der Waals surface area contributed by atoms with E-state index in [9.17, 15) is 57.8 Å². The number of hydrogen-bond donors (Lipinski definition) is 18. The highest BCUT2D eigenvalue weighted by molar-refractivity contribution is 6.30. The number of aliphatic hydroxyl groups excluding tert-OH is 1. The van der Waals surface area contributed by atoms with Crippen LogP contribution in [0.4, 0.5) is 11.6 Å². The number of carbonyl (C=O) groups is 13. The van der Waals surface area contributed by atoms with E-state index in [0.717, 1.165) is 10.8 Å². The number of guanidine groups is 1. The molecule has 4 heterocycles. The first-order chi connectivity index (χ1) is 55.0. The maximum atomic E-state index is 15.2. The van der Waals surface area contributed by atoms with Crippen LogP contribution < -0.4 is 86.7 Å². The molecule has 1 saturated heterocycles. The first-order valence-electron chi connectivity index (χ1n) is 37.8. The molecule has 6 aromatic rings. The number of nitrogens with zero attached hydrogens (tertiary/aromatic N) is 6. The van der Waals surface area contributed by atoms with Crippen molar-refractivity contribution in [1.82, 2.24) is 93.6 Å². The van der Waals surface area contributed by atoms with Crippen LogP contribution in [-0.2, 0) is 72.0 Å². The van der Waals surface area contributed by atoms with Gasteiger partial charge >= 0.3 is 0 Å². The average Bonchev–Trinajstić information content (AvgIpc) is 1.77. The number of unbranched alkanes of at least 4 members (excludes halogenated alkanes) is 2. The number of halogens is 1. The van der Waals surface area contributed by atoms with Gasteiger partial charge in [-0.25, -0.2) is 19.9 Å². The van der Waals surface area contributed by atoms with E-state index in [1.54, 1.807) is 50.2 Å². The third-order valence-electron chi connectivity index (χ3n) is 18.7. The highest BCUT2D eigenvalue weighted by Gasteiger charge is 2.40. The zero-order valence-electron chi connectivity index (χ0n) is 64.4. The van der Waals surface area contributed by atoms with E-state index in [4.69, 9.17) is 39.9 Å². The molecule has 1 aliphatic heterocycles. The third kappa shape index (κ3) is 28.9. The van der Waals surface area contributed by atoms with Crippen LogP contribution in [0.3, 0.4) is 0 Å². The van der Waals surface area contributed by atoms with Gasteiger partial charge in [-0.1, -0.05) is 86.1 Å². The Morgan fingerprint density at radius 1 is 0.513 bits per heavy atom. The molecule has 1 aliphatic rings. The standard InChI is InChI=1S/C77H102ClN23O14/c1-43(2)36-55(68(107)96-54(19-12-30-91-77(82)83)76(115)101-35-13-20-60(101)73(112)92-44(3)65(81)104)97-67(106)53(18-8-10-29-90-75(114)62-64(80)88-34-32-86-62)94-66(105)52(17-7-9-28-89-74(113)61-63(79)87-33-31-85-61)95-72(111)59(42-102)100-71(110)58(40-48-14-11-27-84-41-48)99-70(109)57(38-46-22-25-51(78)26-23-46)98-69(108)56(93-45(4)103)39-47-21-24-49-15-5-6-16-50(49)37-47/h5-6,11,14-16,21-27,31-34,37,41,43-44,52-60,102H,7-10,12-13,17-20,28-30,35-36,38-40,42H2,1-4H3,(H2,79,87)(H2,80,88)(H2,81,104)(H,89,113)(H,90,114)(H,92,112)(H,93,103)(H,94,105)(H,95,111)(H,96,107)(H,97,106)(H,98,108)(H,99,109)(H,100,110)(H4,82,83,91)/t44-,52+,53-,54+,55+,56-,57-,58-,59+,60+/m1/s1. The number of aliphatic hydroxyl groups is 1. The van der Waals surface area contributed by atoms with Crippen molar-refractivity contribution >= 4 is 117 Å². The van der Waals surface area contributed by atoms with E-state index in [2.05, 4.69) is 88.7 Å². The van der Waals surface area contributed by atoms with Crippen molar-refractivity contribution in [3.63, 3.8) is 0 Å². The third-order valence-corrected chi connectivity index (χ3v) is 18.9. The fourth-order valence-electron chi connectivity index (χ4n) is 12.7. The van der Waals surface area contributed by atoms with Gasteiger partial charge in [-0.05, 0) is 129 Å². The number of nitrogen functional groups attached to an aromatic ring is 2. The summed E-state index contributed by atoms with van der Waals surface area (Å²) in [6.07, 6.45) is 8.27. The molecular formula is C77H102ClN23O14. The molecule has 3 aromatic heterocycles. The van der Waals surface area contributed by atoms with Gasteiger partial charge < -0.3 is 96.7 Å². The van der Waals surface area contributed by atoms with E-state index in [0.29, 0.717) is 28.1 Å². The van der Waals surface area contributed by atoms with E-state index in [1.165, 1.54) is 55.9 Å². The summed E-state index contributed by atoms with van der Waals surface area (Å²) in [5, 5.41) is 53.0. The van der Waals surface area contributed by atoms with Gasteiger partial charge in [-0.2, -0.15) is 0 Å². The summed E-state index contributed by atoms with van der Waals surface area (Å²) in [6, 6.07) is 8.56. The van der Waals surface area contributed by atoms with Crippen LogP contribution in [0.5, 0.6) is 0 Å². The lowest BCUT2D eigenvalue weighted by Crippen LogP contribution is -2.61. The first-order valence-corrected chi connectivity index (χ1v) is 38.2. The zero-order chi connectivity index (χ0) is 83.7. The summed E-state index contributed by atoms with van der Waals surface area (Å²) in [7, 11) is 0. The molecule has 10 atom stereocenters. The predicted molar refractivity (Wildman–Crippen MR) is 424 cm³/mol. The molecule has 0 spiro atoms. The lowest BCUT2D eigenvalue weighted by Gasteiger charge is -2.31. The molecule has 0 aliphatic carbocycles. The quantitative estimate of drug-likeness (QED) is 0.0124. The molecule has 37 nitrogen and oxygen atoms in total. The monoisotopic (exact) mass is 1610 g/mol. The molecule has 115 heavy (non-hydrogen) atoms. The Balaban J connectivity index is 1.16. The summed E-state index contributed by atoms with van der Waals surface area (Å²) in [6.45, 7) is 5.20. The van der Waals surface area contributed by atoms with Crippen molar-refractivity contribution in [2.45, 2.75) is 178 Å². The molecule has 13 amide bonds. The first kappa shape index (κ1) is 89.7. The number of hydrogen-bond acceptors (Lipinski definition) is 22. The Morgan fingerprint density at radius 2 is 0.983 bits per heavy atom. The number of rotatable bonds is 44. The van der Waals surface area contributed by atoms with Gasteiger partial charge in [0.25, 0.3) is 11.8 Å². The lowest BCUT2D eigenvalue weighted by atomic mass is 9.99. The number of nitrogens with one attached hydrogen (secondary N) is 13. The molecule has 616 valence electrons. The molecular weight excluding hydrogens is 1510 g/mol. The average molecular weight is 1610 g/mol. The van der Waals surface area contributed by atoms with Gasteiger partial charge in [0.2, 0.25) is 65.0 Å². The number of likely N-dealkylation sites (tertiary alicyclic amines) is 1. The van der Waals surface area contributed by atoms with Crippen molar-refractivity contribution in [3.8, 4) is 0 Å². The van der Waals surface area contributed by atoms with Gasteiger partial charge in [-0.15, -0.1) is 0 Å². The predicted octanol–water partition coefficient (Wildman–Crippen LogP) is -0.958. The number of anilines is 2. The number of primary amides is 1. The number of pyridine rings is 1. The van der Waals surface area contributed by atoms with E-state index in [1.807, 2.05) is 42.5 Å². The minimum absolute atomic E-state index is 0.00942. The summed E-state index contributed by atoms with van der Waals surface area (Å²) >= 11 is 6.26. The fraction of sp³-hybridized carbons (Fsp3) is 0.442. The number of aromatic nitrogens is 5. The van der Waals surface area contributed by atoms with E-state index >= 15 is 9.59 Å². The SMILES string of the molecule is CC(=O)N[C@H](Cc1ccc2ccccc2c1)C(=O)N[C@H](Cc1ccc(Cl)cc1)C(=O)N[C@H](Cc1cccnc1)C(=O)N[C@@H](CO)C(=O)N[C@@H](CCCCNC(=O)c1nccnc1N)C(=O)N[C@H](CCCCNC(=O)c1nccnc1N)C(=O)N[C@@H](CC(C)C)C(=O)N[C@@H](CCCNC(=N)N)C(=O)N1CCC[C@H]1C(=O)N[C@H](C)C(N)=O. The van der Waals surface area contributed by atoms with Gasteiger partial charge in [0.15, 0.2) is 29.0 Å². The summed E-state index contributed by atoms with van der Waals surface area (Å²) in [5.41, 5.74) is 24.1. The van der Waals surface area contributed by atoms with Crippen LogP contribution in [-0.4, -0.2) is 211 Å². The molecule has 1 fully saturated rings. The molecule has 7 rings (SSSR count). The fourth-order valence-corrected chi connectivity index (χ4v) is 12.8. The van der Waals surface area contributed by atoms with E-state index < -0.39 is 144 Å². The Kier molecular flexibility index (Phi) is 35.3. The molecule has 22 N–H and O–H groups in total. The van der Waals surface area contributed by atoms with Gasteiger partial charge in [0.05, 0.1) is 6.61 Å². The number of carbonyl (C=O) groups excluding carboxylic acids is 13. The van der Waals surface area contributed by atoms with Crippen molar-refractivity contribution < 1.29 is 67.4 Å². The number of amides is 13. The molecule has 0 radical (unpaired) electrons. The Bertz CT molecular complexity index is 4390. The topological polar surface area (TPSA) is 582 Å². The Hall–Kier alpha value is -12.5. The van der Waals surface area contributed by atoms with Crippen molar-refractivity contribution in [1.29, 1.82) is 5.41 Å². The maximum Gasteiger partial charge on any atom is 0.273 e. The van der Waals surface area contributed by atoms with Crippen molar-refractivity contribution in [3.05, 3.63) is 149 Å². The second kappa shape index (κ2) is 45.2. The van der Waals surface area contributed by atoms with Crippen LogP contribution in [0.1, 0.15) is 136 Å². The Labute approximate surface area is 669 Å². The second-order valence-corrected chi connectivity index (χ2v) is 28.6. The minimum atomic E-state index is -1.88. The van der Waals surface area contributed by atoms with Gasteiger partial charge in [0, 0.05) is 94.6 Å². The van der Waals surface area contributed by atoms with Crippen LogP contribution in [0, 0.1) is 11.3 Å². The van der Waals surface area contributed by atoms with Crippen molar-refractivity contribution in [2.75, 3.05) is 44.3 Å². The van der Waals surface area contributed by atoms with Gasteiger partial charge in [-0.3, -0.25) is 72.7 Å². The van der Waals surface area contributed by atoms with Crippen molar-refractivity contribution in [2.24, 2.45) is 17.4 Å². The normalized spacial score (nSPS) is 14.7. The second-order valence-electron chi connectivity index (χ2n) is 28.2. The van der Waals surface area contributed by atoms with E-state index in [-0.39, 0.29) is 145 Å². The smallest absolute Gasteiger partial charge is 0.273 e. The van der Waals surface area contributed by atoms with Crippen LogP contribution in [0.25, 0.3) is 10.8 Å². The van der Waals surface area contributed by atoms with Crippen LogP contribution >= 0.6 is 11.6 Å². The molecule has 38 heteroatoms. The minimum Gasteiger partial charge on any atom is -0.394 e. The summed E-state index contributed by atoms with van der Waals surface area (Å²) in [5.74, 6) is -11.6. The highest BCUT2D eigenvalue weighted by Crippen LogP contribution is 2.23. The zero-order valence-corrected chi connectivity index (χ0v) is 65.1. The number of fused-ring (bicyclic) bond motifs is 1. The van der Waals surface area contributed by atoms with Crippen LogP contribution in [0.2, 0.25) is 5.02 Å². The molecule has 0 unspecified atom stereocenters. The summed E-state index contributed by atoms with van der Waals surface area (Å²) in [4.78, 5) is 204. The molecule has 3 aromatic carbocycles. The molecule has 0 bridgehead atoms.